The summed E-state index contributed by atoms with van der Waals surface area (Å²) in [5.41, 5.74) is 0.855. The van der Waals surface area contributed by atoms with Crippen molar-refractivity contribution in [1.82, 2.24) is 9.97 Å². The van der Waals surface area contributed by atoms with E-state index in [-0.39, 0.29) is 28.6 Å². The maximum absolute atomic E-state index is 12.4. The van der Waals surface area contributed by atoms with Gasteiger partial charge < -0.3 is 20.8 Å². The second-order valence-electron chi connectivity index (χ2n) is 5.46. The molecule has 0 aliphatic rings. The molecule has 0 fully saturated rings. The molecular formula is C15H17F3N6O3S. The van der Waals surface area contributed by atoms with Gasteiger partial charge in [0.2, 0.25) is 10.0 Å². The lowest BCUT2D eigenvalue weighted by atomic mass is 10.2. The fourth-order valence-corrected chi connectivity index (χ4v) is 2.62. The van der Waals surface area contributed by atoms with Gasteiger partial charge >= 0.3 is 12.2 Å². The predicted octanol–water partition coefficient (Wildman–Crippen LogP) is 1.72. The molecule has 0 bridgehead atoms. The lowest BCUT2D eigenvalue weighted by molar-refractivity contribution is -0.154. The molecule has 0 aliphatic heterocycles. The summed E-state index contributed by atoms with van der Waals surface area (Å²) in [6.45, 7) is -1.42. The first kappa shape index (κ1) is 21.4. The van der Waals surface area contributed by atoms with E-state index >= 15 is 0 Å². The minimum atomic E-state index is -4.55. The van der Waals surface area contributed by atoms with E-state index < -0.39 is 28.8 Å². The average molecular weight is 418 g/mol. The maximum Gasteiger partial charge on any atom is 0.422 e. The van der Waals surface area contributed by atoms with E-state index in [1.165, 1.54) is 31.3 Å². The third-order valence-electron chi connectivity index (χ3n) is 3.38. The molecule has 0 radical (unpaired) electrons. The Bertz CT molecular complexity index is 949. The van der Waals surface area contributed by atoms with Crippen LogP contribution in [0.5, 0.6) is 6.01 Å². The number of hydrogen-bond donors (Lipinski definition) is 4. The summed E-state index contributed by atoms with van der Waals surface area (Å²) >= 11 is 0. The standard InChI is InChI=1S/C15H17F3N6O3S/c1-21-12-11(6-19)13(24-14(23-12)27-8-15(16,17)18)22-7-9-2-4-10(5-3-9)28(20,25)26/h2-6,19H,7-8H2,1H3,(H2,20,25,26)(H2,21,22,23,24). The highest BCUT2D eigenvalue weighted by molar-refractivity contribution is 7.89. The zero-order valence-corrected chi connectivity index (χ0v) is 15.4. The molecule has 0 amide bonds. The molecule has 0 unspecified atom stereocenters. The molecule has 28 heavy (non-hydrogen) atoms. The first-order chi connectivity index (χ1) is 13.0. The second-order valence-corrected chi connectivity index (χ2v) is 7.02. The lowest BCUT2D eigenvalue weighted by Gasteiger charge is -2.14. The monoisotopic (exact) mass is 418 g/mol. The summed E-state index contributed by atoms with van der Waals surface area (Å²) in [6, 6.07) is 5.15. The number of alkyl halides is 3. The summed E-state index contributed by atoms with van der Waals surface area (Å²) in [5.74, 6) is 0.177. The molecule has 152 valence electrons. The van der Waals surface area contributed by atoms with Crippen LogP contribution in [0.4, 0.5) is 24.8 Å². The van der Waals surface area contributed by atoms with Crippen LogP contribution in [0.25, 0.3) is 0 Å². The van der Waals surface area contributed by atoms with Crippen LogP contribution in [0.3, 0.4) is 0 Å². The van der Waals surface area contributed by atoms with E-state index in [1.807, 2.05) is 0 Å². The number of anilines is 2. The van der Waals surface area contributed by atoms with E-state index in [1.54, 1.807) is 0 Å². The number of ether oxygens (including phenoxy) is 1. The second kappa shape index (κ2) is 8.39. The molecule has 2 aromatic rings. The van der Waals surface area contributed by atoms with Crippen molar-refractivity contribution >= 4 is 27.9 Å². The van der Waals surface area contributed by atoms with Crippen LogP contribution in [0.1, 0.15) is 11.1 Å². The quantitative estimate of drug-likeness (QED) is 0.478. The Balaban J connectivity index is 2.24. The van der Waals surface area contributed by atoms with Crippen molar-refractivity contribution in [3.8, 4) is 6.01 Å². The number of rotatable bonds is 8. The number of nitrogens with two attached hydrogens (primary N) is 1. The third-order valence-corrected chi connectivity index (χ3v) is 4.31. The largest absolute Gasteiger partial charge is 0.454 e. The molecule has 0 atom stereocenters. The number of halogens is 3. The SMILES string of the molecule is CNc1nc(OCC(F)(F)F)nc(NCc2ccc(S(N)(=O)=O)cc2)c1C=N. The Labute approximate surface area is 158 Å². The van der Waals surface area contributed by atoms with Gasteiger partial charge in [-0.3, -0.25) is 0 Å². The number of hydrogen-bond acceptors (Lipinski definition) is 8. The zero-order valence-electron chi connectivity index (χ0n) is 14.5. The zero-order chi connectivity index (χ0) is 20.9. The number of aromatic nitrogens is 2. The van der Waals surface area contributed by atoms with E-state index in [0.29, 0.717) is 5.56 Å². The number of nitrogens with zero attached hydrogens (tertiary/aromatic N) is 2. The fourth-order valence-electron chi connectivity index (χ4n) is 2.10. The van der Waals surface area contributed by atoms with Crippen LogP contribution in [0.2, 0.25) is 0 Å². The molecule has 5 N–H and O–H groups in total. The van der Waals surface area contributed by atoms with Gasteiger partial charge in [-0.25, -0.2) is 13.6 Å². The first-order valence-corrected chi connectivity index (χ1v) is 9.23. The van der Waals surface area contributed by atoms with Crippen LogP contribution in [-0.2, 0) is 16.6 Å². The van der Waals surface area contributed by atoms with Crippen LogP contribution in [0.15, 0.2) is 29.2 Å². The van der Waals surface area contributed by atoms with Crippen LogP contribution < -0.4 is 20.5 Å². The van der Waals surface area contributed by atoms with E-state index in [4.69, 9.17) is 10.5 Å². The fraction of sp³-hybridized carbons (Fsp3) is 0.267. The Morgan fingerprint density at radius 3 is 2.32 bits per heavy atom. The number of nitrogens with one attached hydrogen (secondary N) is 3. The summed E-state index contributed by atoms with van der Waals surface area (Å²) < 4.78 is 64.2. The first-order valence-electron chi connectivity index (χ1n) is 7.69. The summed E-state index contributed by atoms with van der Waals surface area (Å²) in [5, 5.41) is 18.1. The highest BCUT2D eigenvalue weighted by Gasteiger charge is 2.29. The molecule has 0 saturated carbocycles. The van der Waals surface area contributed by atoms with E-state index in [9.17, 15) is 21.6 Å². The Kier molecular flexibility index (Phi) is 6.41. The van der Waals surface area contributed by atoms with Crippen molar-refractivity contribution in [1.29, 1.82) is 5.41 Å². The van der Waals surface area contributed by atoms with Crippen LogP contribution in [0, 0.1) is 5.41 Å². The van der Waals surface area contributed by atoms with E-state index in [0.717, 1.165) is 6.21 Å². The number of primary sulfonamides is 1. The average Bonchev–Trinajstić information content (AvgIpc) is 2.63. The number of sulfonamides is 1. The van der Waals surface area contributed by atoms with Crippen molar-refractivity contribution in [3.05, 3.63) is 35.4 Å². The molecule has 0 aliphatic carbocycles. The lowest BCUT2D eigenvalue weighted by Crippen LogP contribution is -2.21. The smallest absolute Gasteiger partial charge is 0.422 e. The molecule has 1 aromatic carbocycles. The van der Waals surface area contributed by atoms with Crippen molar-refractivity contribution in [3.63, 3.8) is 0 Å². The highest BCUT2D eigenvalue weighted by Crippen LogP contribution is 2.24. The third kappa shape index (κ3) is 5.79. The predicted molar refractivity (Wildman–Crippen MR) is 96.2 cm³/mol. The van der Waals surface area contributed by atoms with Gasteiger partial charge in [-0.2, -0.15) is 23.1 Å². The summed E-state index contributed by atoms with van der Waals surface area (Å²) in [6.07, 6.45) is -3.62. The molecule has 1 aromatic heterocycles. The van der Waals surface area contributed by atoms with Crippen molar-refractivity contribution in [2.45, 2.75) is 17.6 Å². The van der Waals surface area contributed by atoms with Gasteiger partial charge in [0, 0.05) is 19.8 Å². The van der Waals surface area contributed by atoms with Gasteiger partial charge in [0.15, 0.2) is 6.61 Å². The van der Waals surface area contributed by atoms with Crippen LogP contribution in [-0.4, -0.2) is 44.4 Å². The van der Waals surface area contributed by atoms with Crippen LogP contribution >= 0.6 is 0 Å². The Hall–Kier alpha value is -2.93. The summed E-state index contributed by atoms with van der Waals surface area (Å²) in [4.78, 5) is 7.62. The molecule has 2 rings (SSSR count). The minimum absolute atomic E-state index is 0.0567. The maximum atomic E-state index is 12.4. The molecule has 0 saturated heterocycles. The van der Waals surface area contributed by atoms with E-state index in [2.05, 4.69) is 25.3 Å². The minimum Gasteiger partial charge on any atom is -0.454 e. The topological polar surface area (TPSA) is 143 Å². The van der Waals surface area contributed by atoms with Gasteiger partial charge in [0.1, 0.15) is 11.6 Å². The molecular weight excluding hydrogens is 401 g/mol. The molecule has 13 heteroatoms. The van der Waals surface area contributed by atoms with Gasteiger partial charge in [0.25, 0.3) is 0 Å². The highest BCUT2D eigenvalue weighted by atomic mass is 32.2. The molecule has 9 nitrogen and oxygen atoms in total. The Morgan fingerprint density at radius 2 is 1.82 bits per heavy atom. The van der Waals surface area contributed by atoms with Crippen molar-refractivity contribution in [2.24, 2.45) is 5.14 Å². The van der Waals surface area contributed by atoms with Crippen molar-refractivity contribution in [2.75, 3.05) is 24.3 Å². The van der Waals surface area contributed by atoms with Gasteiger partial charge in [-0.15, -0.1) is 0 Å². The summed E-state index contributed by atoms with van der Waals surface area (Å²) in [7, 11) is -2.33. The van der Waals surface area contributed by atoms with Crippen molar-refractivity contribution < 1.29 is 26.3 Å². The van der Waals surface area contributed by atoms with Gasteiger partial charge in [-0.1, -0.05) is 12.1 Å². The van der Waals surface area contributed by atoms with Gasteiger partial charge in [-0.05, 0) is 17.7 Å². The molecule has 1 heterocycles. The Morgan fingerprint density at radius 1 is 1.21 bits per heavy atom. The normalized spacial score (nSPS) is 11.8. The number of benzene rings is 1. The van der Waals surface area contributed by atoms with Gasteiger partial charge in [0.05, 0.1) is 10.5 Å². The molecule has 0 spiro atoms.